The molecule has 1 amide bonds. The van der Waals surface area contributed by atoms with Gasteiger partial charge in [0.1, 0.15) is 6.10 Å². The number of hydrogen-bond acceptors (Lipinski definition) is 4. The predicted molar refractivity (Wildman–Crippen MR) is 137 cm³/mol. The number of halogens is 3. The molecule has 2 heterocycles. The normalized spacial score (nSPS) is 25.6. The van der Waals surface area contributed by atoms with Gasteiger partial charge in [0.05, 0.1) is 12.3 Å². The molecule has 1 aromatic heterocycles. The molecule has 6 nitrogen and oxygen atoms in total. The van der Waals surface area contributed by atoms with Crippen LogP contribution >= 0.6 is 36.4 Å². The van der Waals surface area contributed by atoms with Gasteiger partial charge in [-0.3, -0.25) is 14.4 Å². The molecule has 0 bridgehead atoms. The lowest BCUT2D eigenvalue weighted by Gasteiger charge is -2.45. The van der Waals surface area contributed by atoms with Gasteiger partial charge in [0.25, 0.3) is 0 Å². The smallest absolute Gasteiger partial charge is 0.250 e. The molecule has 1 aromatic carbocycles. The van der Waals surface area contributed by atoms with Crippen LogP contribution in [0.25, 0.3) is 0 Å². The molecule has 9 heteroatoms. The number of benzene rings is 1. The predicted octanol–water partition coefficient (Wildman–Crippen LogP) is 4.31. The highest BCUT2D eigenvalue weighted by Gasteiger charge is 2.38. The summed E-state index contributed by atoms with van der Waals surface area (Å²) < 4.78 is 7.95. The summed E-state index contributed by atoms with van der Waals surface area (Å²) in [6.45, 7) is 3.33. The van der Waals surface area contributed by atoms with Crippen molar-refractivity contribution in [3.05, 3.63) is 52.3 Å². The molecule has 2 atom stereocenters. The van der Waals surface area contributed by atoms with E-state index in [0.29, 0.717) is 25.1 Å². The van der Waals surface area contributed by atoms with Crippen LogP contribution in [-0.4, -0.2) is 59.0 Å². The third-order valence-corrected chi connectivity index (χ3v) is 7.23. The second kappa shape index (κ2) is 12.4. The molecule has 0 unspecified atom stereocenters. The van der Waals surface area contributed by atoms with Crippen LogP contribution in [0.2, 0.25) is 5.02 Å². The minimum absolute atomic E-state index is 0. The van der Waals surface area contributed by atoms with Crippen LogP contribution in [0.4, 0.5) is 0 Å². The zero-order valence-corrected chi connectivity index (χ0v) is 21.9. The van der Waals surface area contributed by atoms with Crippen molar-refractivity contribution in [2.24, 2.45) is 7.05 Å². The number of aryl methyl sites for hydroxylation is 2. The van der Waals surface area contributed by atoms with Gasteiger partial charge < -0.3 is 10.1 Å². The van der Waals surface area contributed by atoms with E-state index in [4.69, 9.17) is 21.4 Å². The molecule has 2 aliphatic rings. The van der Waals surface area contributed by atoms with E-state index in [9.17, 15) is 4.79 Å². The van der Waals surface area contributed by atoms with Gasteiger partial charge in [0, 0.05) is 49.4 Å². The minimum atomic E-state index is -0.400. The molecule has 1 aliphatic heterocycles. The van der Waals surface area contributed by atoms with Crippen LogP contribution in [0.1, 0.15) is 48.6 Å². The van der Waals surface area contributed by atoms with Crippen LogP contribution < -0.4 is 5.32 Å². The first-order valence-electron chi connectivity index (χ1n) is 11.3. The van der Waals surface area contributed by atoms with Gasteiger partial charge in [0.2, 0.25) is 5.91 Å². The highest BCUT2D eigenvalue weighted by Crippen LogP contribution is 2.36. The van der Waals surface area contributed by atoms with E-state index in [1.165, 1.54) is 17.0 Å². The number of amides is 1. The molecule has 1 N–H and O–H groups in total. The first-order valence-corrected chi connectivity index (χ1v) is 11.7. The number of rotatable bonds is 5. The Labute approximate surface area is 214 Å². The van der Waals surface area contributed by atoms with E-state index < -0.39 is 6.10 Å². The van der Waals surface area contributed by atoms with E-state index >= 15 is 0 Å². The van der Waals surface area contributed by atoms with Gasteiger partial charge >= 0.3 is 0 Å². The van der Waals surface area contributed by atoms with Crippen molar-refractivity contribution in [1.29, 1.82) is 0 Å². The Hall–Kier alpha value is -1.31. The highest BCUT2D eigenvalue weighted by molar-refractivity contribution is 6.30. The van der Waals surface area contributed by atoms with E-state index in [0.717, 1.165) is 37.1 Å². The van der Waals surface area contributed by atoms with Crippen molar-refractivity contribution in [3.8, 4) is 0 Å². The summed E-state index contributed by atoms with van der Waals surface area (Å²) in [5.41, 5.74) is 3.68. The van der Waals surface area contributed by atoms with Crippen LogP contribution in [-0.2, 0) is 23.0 Å². The number of hydrogen-bond donors (Lipinski definition) is 1. The summed E-state index contributed by atoms with van der Waals surface area (Å²) in [4.78, 5) is 14.8. The number of carbonyl (C=O) groups excluding carboxylic acids is 1. The highest BCUT2D eigenvalue weighted by atomic mass is 35.5. The molecular formula is C24H35Cl3N4O2. The lowest BCUT2D eigenvalue weighted by molar-refractivity contribution is -0.144. The summed E-state index contributed by atoms with van der Waals surface area (Å²) in [6, 6.07) is 11.0. The summed E-state index contributed by atoms with van der Waals surface area (Å²) in [5, 5.41) is 8.22. The molecule has 2 fully saturated rings. The molecule has 4 rings (SSSR count). The number of nitrogens with one attached hydrogen (secondary N) is 1. The topological polar surface area (TPSA) is 59.4 Å². The Morgan fingerprint density at radius 1 is 1.18 bits per heavy atom. The van der Waals surface area contributed by atoms with Crippen molar-refractivity contribution in [2.75, 3.05) is 20.2 Å². The summed E-state index contributed by atoms with van der Waals surface area (Å²) in [6.07, 6.45) is 5.02. The summed E-state index contributed by atoms with van der Waals surface area (Å²) in [5.74, 6) is 0.495. The Balaban J connectivity index is 0.00000193. The molecule has 2 aromatic rings. The van der Waals surface area contributed by atoms with Gasteiger partial charge in [-0.05, 0) is 62.8 Å². The van der Waals surface area contributed by atoms with Crippen LogP contribution in [0.5, 0.6) is 0 Å². The van der Waals surface area contributed by atoms with Crippen LogP contribution in [0, 0.1) is 6.92 Å². The van der Waals surface area contributed by atoms with Crippen LogP contribution in [0.3, 0.4) is 0 Å². The van der Waals surface area contributed by atoms with Crippen molar-refractivity contribution < 1.29 is 9.53 Å². The first kappa shape index (κ1) is 27.9. The average molecular weight is 518 g/mol. The Kier molecular flexibility index (Phi) is 10.5. The molecule has 184 valence electrons. The number of morpholine rings is 1. The van der Waals surface area contributed by atoms with Crippen molar-refractivity contribution in [2.45, 2.75) is 63.1 Å². The molecular weight excluding hydrogens is 483 g/mol. The largest absolute Gasteiger partial charge is 0.365 e. The summed E-state index contributed by atoms with van der Waals surface area (Å²) >= 11 is 6.06. The SMILES string of the molecule is CNC(=O)[C@H]1CN(C2CCC(c3cc(C)n(C)n3)CC2)[C@@H](Cc2ccc(Cl)cc2)CO1.Cl.Cl. The van der Waals surface area contributed by atoms with Crippen molar-refractivity contribution in [3.63, 3.8) is 0 Å². The second-order valence-corrected chi connectivity index (χ2v) is 9.39. The number of carbonyl (C=O) groups is 1. The Bertz CT molecular complexity index is 878. The molecule has 1 aliphatic carbocycles. The van der Waals surface area contributed by atoms with Gasteiger partial charge in [0.15, 0.2) is 0 Å². The van der Waals surface area contributed by atoms with E-state index in [1.54, 1.807) is 7.05 Å². The molecule has 1 saturated carbocycles. The van der Waals surface area contributed by atoms with Gasteiger partial charge in [-0.2, -0.15) is 5.10 Å². The average Bonchev–Trinajstić information content (AvgIpc) is 3.13. The fourth-order valence-electron chi connectivity index (χ4n) is 5.04. The van der Waals surface area contributed by atoms with E-state index in [2.05, 4.69) is 35.3 Å². The third-order valence-electron chi connectivity index (χ3n) is 6.98. The summed E-state index contributed by atoms with van der Waals surface area (Å²) in [7, 11) is 3.69. The second-order valence-electron chi connectivity index (χ2n) is 8.96. The van der Waals surface area contributed by atoms with Crippen molar-refractivity contribution in [1.82, 2.24) is 20.0 Å². The fraction of sp³-hybridized carbons (Fsp3) is 0.583. The maximum absolute atomic E-state index is 12.3. The lowest BCUT2D eigenvalue weighted by Crippen LogP contribution is -2.58. The Morgan fingerprint density at radius 2 is 1.85 bits per heavy atom. The third kappa shape index (κ3) is 6.64. The molecule has 0 spiro atoms. The maximum Gasteiger partial charge on any atom is 0.250 e. The monoisotopic (exact) mass is 516 g/mol. The number of likely N-dealkylation sites (N-methyl/N-ethyl adjacent to an activating group) is 1. The zero-order valence-electron chi connectivity index (χ0n) is 19.5. The lowest BCUT2D eigenvalue weighted by atomic mass is 9.82. The standard InChI is InChI=1S/C24H33ClN4O2.2ClH/c1-16-12-22(27-28(16)3)18-6-10-20(11-7-18)29-14-23(24(30)26-2)31-15-21(29)13-17-4-8-19(25)9-5-17;;/h4-5,8-9,12,18,20-21,23H,6-7,10-11,13-15H2,1-3H3,(H,26,30);2*1H/t18?,20?,21-,23+;;/m0../s1. The minimum Gasteiger partial charge on any atom is -0.365 e. The van der Waals surface area contributed by atoms with Gasteiger partial charge in [-0.1, -0.05) is 23.7 Å². The molecule has 1 saturated heterocycles. The molecule has 33 heavy (non-hydrogen) atoms. The quantitative estimate of drug-likeness (QED) is 0.642. The van der Waals surface area contributed by atoms with Gasteiger partial charge in [-0.15, -0.1) is 24.8 Å². The first-order chi connectivity index (χ1) is 14.9. The van der Waals surface area contributed by atoms with E-state index in [-0.39, 0.29) is 36.8 Å². The maximum atomic E-state index is 12.3. The van der Waals surface area contributed by atoms with Crippen molar-refractivity contribution >= 4 is 42.3 Å². The number of aromatic nitrogens is 2. The fourth-order valence-corrected chi connectivity index (χ4v) is 5.17. The number of ether oxygens (including phenoxy) is 1. The zero-order chi connectivity index (χ0) is 22.0. The van der Waals surface area contributed by atoms with Crippen LogP contribution in [0.15, 0.2) is 30.3 Å². The van der Waals surface area contributed by atoms with E-state index in [1.807, 2.05) is 23.9 Å². The molecule has 0 radical (unpaired) electrons. The van der Waals surface area contributed by atoms with Gasteiger partial charge in [-0.25, -0.2) is 0 Å². The number of nitrogens with zero attached hydrogens (tertiary/aromatic N) is 3. The Morgan fingerprint density at radius 3 is 2.42 bits per heavy atom.